The molecule has 0 saturated carbocycles. The number of ether oxygens (including phenoxy) is 1. The predicted molar refractivity (Wildman–Crippen MR) is 40.7 cm³/mol. The van der Waals surface area contributed by atoms with Gasteiger partial charge in [-0.25, -0.2) is 4.39 Å². The molecule has 0 aromatic carbocycles. The Balaban J connectivity index is 3.79. The second-order valence-corrected chi connectivity index (χ2v) is 4.59. The summed E-state index contributed by atoms with van der Waals surface area (Å²) in [5.74, 6) is -31.7. The van der Waals surface area contributed by atoms with Crippen LogP contribution in [0.25, 0.3) is 0 Å². The van der Waals surface area contributed by atoms with Gasteiger partial charge in [0, 0.05) is 0 Å². The van der Waals surface area contributed by atoms with Crippen LogP contribution in [-0.4, -0.2) is 47.8 Å². The zero-order valence-electron chi connectivity index (χ0n) is 10.5. The summed E-state index contributed by atoms with van der Waals surface area (Å²) in [4.78, 5) is 0. The van der Waals surface area contributed by atoms with E-state index in [0.29, 0.717) is 0 Å². The smallest absolute Gasteiger partial charge is 0.269 e. The van der Waals surface area contributed by atoms with Crippen molar-refractivity contribution in [2.45, 2.75) is 47.8 Å². The molecule has 25 heavy (non-hydrogen) atoms. The molecule has 0 unspecified atom stereocenters. The summed E-state index contributed by atoms with van der Waals surface area (Å²) >= 11 is 0. The van der Waals surface area contributed by atoms with Gasteiger partial charge in [0.1, 0.15) is 0 Å². The molecule has 1 saturated heterocycles. The first-order chi connectivity index (χ1) is 10.5. The minimum absolute atomic E-state index is 1.57. The molecule has 17 heteroatoms. The van der Waals surface area contributed by atoms with Crippen LogP contribution in [0.4, 0.5) is 70.2 Å². The van der Waals surface area contributed by atoms with E-state index in [2.05, 4.69) is 0 Å². The molecule has 0 N–H and O–H groups in total. The normalized spacial score (nSPS) is 33.6. The highest BCUT2D eigenvalue weighted by Crippen LogP contribution is 2.70. The maximum Gasteiger partial charge on any atom is 0.460 e. The molecule has 1 fully saturated rings. The van der Waals surface area contributed by atoms with Crippen molar-refractivity contribution in [2.24, 2.45) is 0 Å². The van der Waals surface area contributed by atoms with Crippen molar-refractivity contribution in [1.82, 2.24) is 0 Å². The standard InChI is InChI=1S/C8F16O/c9-1(6(17,18)19)2(10,11)5(16,25-8(1,23)24)3(12,13)4(14,15)7(20,21)22/t1-,5+/m0/s1. The summed E-state index contributed by atoms with van der Waals surface area (Å²) < 4.78 is 203. The van der Waals surface area contributed by atoms with E-state index in [1.807, 2.05) is 0 Å². The molecule has 0 spiro atoms. The molecule has 0 aromatic heterocycles. The van der Waals surface area contributed by atoms with Crippen LogP contribution in [0, 0.1) is 0 Å². The van der Waals surface area contributed by atoms with Gasteiger partial charge in [-0.15, -0.1) is 0 Å². The van der Waals surface area contributed by atoms with E-state index in [9.17, 15) is 70.2 Å². The van der Waals surface area contributed by atoms with Gasteiger partial charge in [-0.1, -0.05) is 0 Å². The van der Waals surface area contributed by atoms with Crippen molar-refractivity contribution in [3.8, 4) is 0 Å². The van der Waals surface area contributed by atoms with Gasteiger partial charge in [0.05, 0.1) is 0 Å². The first-order valence-electron chi connectivity index (χ1n) is 5.18. The van der Waals surface area contributed by atoms with Crippen molar-refractivity contribution >= 4 is 0 Å². The SMILES string of the molecule is FC(F)(F)C(F)(F)C(F)(F)[C@]1(F)OC(F)(F)[C@@](F)(C(F)(F)F)C1(F)F. The maximum atomic E-state index is 13.5. The van der Waals surface area contributed by atoms with Gasteiger partial charge in [-0.05, 0) is 0 Å². The zero-order chi connectivity index (χ0) is 20.7. The van der Waals surface area contributed by atoms with Crippen LogP contribution in [-0.2, 0) is 4.74 Å². The largest absolute Gasteiger partial charge is 0.460 e. The molecule has 1 aliphatic rings. The van der Waals surface area contributed by atoms with Crippen LogP contribution in [0.15, 0.2) is 0 Å². The van der Waals surface area contributed by atoms with Gasteiger partial charge in [0.15, 0.2) is 0 Å². The molecular formula is C8F16O. The van der Waals surface area contributed by atoms with Crippen molar-refractivity contribution in [2.75, 3.05) is 0 Å². The lowest BCUT2D eigenvalue weighted by Crippen LogP contribution is -2.71. The van der Waals surface area contributed by atoms with Crippen LogP contribution in [0.3, 0.4) is 0 Å². The summed E-state index contributed by atoms with van der Waals surface area (Å²) in [6.07, 6.45) is -22.5. The molecule has 0 aromatic rings. The van der Waals surface area contributed by atoms with Crippen LogP contribution < -0.4 is 0 Å². The number of hydrogen-bond acceptors (Lipinski definition) is 1. The third kappa shape index (κ3) is 2.16. The van der Waals surface area contributed by atoms with E-state index in [-0.39, 0.29) is 0 Å². The van der Waals surface area contributed by atoms with E-state index in [4.69, 9.17) is 0 Å². The topological polar surface area (TPSA) is 9.23 Å². The van der Waals surface area contributed by atoms with Crippen LogP contribution >= 0.6 is 0 Å². The van der Waals surface area contributed by atoms with Gasteiger partial charge in [-0.3, -0.25) is 4.74 Å². The van der Waals surface area contributed by atoms with E-state index < -0.39 is 47.8 Å². The second-order valence-electron chi connectivity index (χ2n) is 4.59. The van der Waals surface area contributed by atoms with Crippen molar-refractivity contribution < 1.29 is 75.0 Å². The number of halogens is 16. The Bertz CT molecular complexity index is 543. The van der Waals surface area contributed by atoms with Gasteiger partial charge < -0.3 is 0 Å². The number of hydrogen-bond donors (Lipinski definition) is 0. The molecular weight excluding hydrogens is 416 g/mol. The fourth-order valence-corrected chi connectivity index (χ4v) is 1.70. The summed E-state index contributed by atoms with van der Waals surface area (Å²) in [6, 6.07) is 0. The van der Waals surface area contributed by atoms with Crippen LogP contribution in [0.5, 0.6) is 0 Å². The highest BCUT2D eigenvalue weighted by Gasteiger charge is 3.03. The molecule has 150 valence electrons. The Kier molecular flexibility index (Phi) is 4.17. The Morgan fingerprint density at radius 3 is 1.20 bits per heavy atom. The third-order valence-electron chi connectivity index (χ3n) is 3.05. The van der Waals surface area contributed by atoms with Gasteiger partial charge in [0.25, 0.3) is 0 Å². The molecule has 1 aliphatic heterocycles. The lowest BCUT2D eigenvalue weighted by Gasteiger charge is -2.38. The summed E-state index contributed by atoms with van der Waals surface area (Å²) in [5, 5.41) is 0. The second kappa shape index (κ2) is 4.76. The van der Waals surface area contributed by atoms with E-state index in [1.165, 1.54) is 0 Å². The zero-order valence-corrected chi connectivity index (χ0v) is 10.5. The van der Waals surface area contributed by atoms with Gasteiger partial charge >= 0.3 is 47.8 Å². The molecule has 2 atom stereocenters. The summed E-state index contributed by atoms with van der Waals surface area (Å²) in [7, 11) is 0. The Morgan fingerprint density at radius 2 is 0.960 bits per heavy atom. The van der Waals surface area contributed by atoms with Gasteiger partial charge in [0.2, 0.25) is 0 Å². The fraction of sp³-hybridized carbons (Fsp3) is 1.00. The quantitative estimate of drug-likeness (QED) is 0.575. The molecule has 1 heterocycles. The minimum atomic E-state index is -8.11. The molecule has 0 aliphatic carbocycles. The average molecular weight is 416 g/mol. The van der Waals surface area contributed by atoms with Gasteiger partial charge in [-0.2, -0.15) is 65.9 Å². The average Bonchev–Trinajstić information content (AvgIpc) is 2.43. The Hall–Kier alpha value is -1.16. The van der Waals surface area contributed by atoms with Crippen LogP contribution in [0.1, 0.15) is 0 Å². The maximum absolute atomic E-state index is 13.5. The predicted octanol–water partition coefficient (Wildman–Crippen LogP) is 5.01. The lowest BCUT2D eigenvalue weighted by molar-refractivity contribution is -0.448. The number of rotatable bonds is 2. The first-order valence-corrected chi connectivity index (χ1v) is 5.18. The molecule has 1 nitrogen and oxygen atoms in total. The third-order valence-corrected chi connectivity index (χ3v) is 3.05. The summed E-state index contributed by atoms with van der Waals surface area (Å²) in [6.45, 7) is 0. The monoisotopic (exact) mass is 416 g/mol. The number of alkyl halides is 16. The Morgan fingerprint density at radius 1 is 0.600 bits per heavy atom. The highest BCUT2D eigenvalue weighted by atomic mass is 19.4. The summed E-state index contributed by atoms with van der Waals surface area (Å²) in [5.41, 5.74) is -7.69. The van der Waals surface area contributed by atoms with E-state index in [0.717, 1.165) is 0 Å². The molecule has 1 rings (SSSR count). The minimum Gasteiger partial charge on any atom is -0.269 e. The molecule has 0 radical (unpaired) electrons. The first kappa shape index (κ1) is 21.9. The highest BCUT2D eigenvalue weighted by molar-refractivity contribution is 5.22. The van der Waals surface area contributed by atoms with Crippen molar-refractivity contribution in [3.63, 3.8) is 0 Å². The van der Waals surface area contributed by atoms with Crippen LogP contribution in [0.2, 0.25) is 0 Å². The fourth-order valence-electron chi connectivity index (χ4n) is 1.70. The van der Waals surface area contributed by atoms with E-state index >= 15 is 0 Å². The van der Waals surface area contributed by atoms with Crippen molar-refractivity contribution in [1.29, 1.82) is 0 Å². The lowest BCUT2D eigenvalue weighted by atomic mass is 9.88. The Labute approximate surface area is 124 Å². The van der Waals surface area contributed by atoms with E-state index in [1.54, 1.807) is 4.74 Å². The van der Waals surface area contributed by atoms with Crippen molar-refractivity contribution in [3.05, 3.63) is 0 Å². The molecule has 0 amide bonds. The molecule has 0 bridgehead atoms.